The summed E-state index contributed by atoms with van der Waals surface area (Å²) in [5, 5.41) is 2.19. The van der Waals surface area contributed by atoms with Gasteiger partial charge in [0.05, 0.1) is 5.57 Å². The lowest BCUT2D eigenvalue weighted by Gasteiger charge is -1.97. The Morgan fingerprint density at radius 2 is 1.64 bits per heavy atom. The van der Waals surface area contributed by atoms with Gasteiger partial charge in [-0.25, -0.2) is 0 Å². The molecule has 0 saturated heterocycles. The summed E-state index contributed by atoms with van der Waals surface area (Å²) in [7, 11) is 0. The van der Waals surface area contributed by atoms with Crippen LogP contribution in [0.15, 0.2) is 36.4 Å². The number of halogens is 1. The first-order chi connectivity index (χ1) is 6.27. The minimum absolute atomic E-state index is 0. The van der Waals surface area contributed by atoms with Crippen LogP contribution in [0, 0.1) is 0 Å². The monoisotopic (exact) mass is 209 g/mol. The summed E-state index contributed by atoms with van der Waals surface area (Å²) in [6, 6.07) is 9.10. The van der Waals surface area contributed by atoms with Gasteiger partial charge < -0.3 is 0 Å². The van der Waals surface area contributed by atoms with Crippen LogP contribution in [-0.2, 0) is 9.59 Å². The van der Waals surface area contributed by atoms with Crippen molar-refractivity contribution in [1.29, 1.82) is 0 Å². The van der Waals surface area contributed by atoms with Gasteiger partial charge in [-0.2, -0.15) is 0 Å². The van der Waals surface area contributed by atoms with Crippen LogP contribution < -0.4 is 5.32 Å². The van der Waals surface area contributed by atoms with E-state index in [1.54, 1.807) is 12.1 Å². The Bertz CT molecular complexity index is 398. The van der Waals surface area contributed by atoms with Gasteiger partial charge in [0.25, 0.3) is 11.8 Å². The van der Waals surface area contributed by atoms with Gasteiger partial charge in [-0.05, 0) is 5.56 Å². The number of benzene rings is 1. The maximum absolute atomic E-state index is 11.2. The Morgan fingerprint density at radius 1 is 1.00 bits per heavy atom. The van der Waals surface area contributed by atoms with Gasteiger partial charge in [-0.3, -0.25) is 14.9 Å². The molecule has 0 atom stereocenters. The fourth-order valence-corrected chi connectivity index (χ4v) is 1.24. The second-order valence-electron chi connectivity index (χ2n) is 2.74. The summed E-state index contributed by atoms with van der Waals surface area (Å²) in [6.07, 6.45) is 1.32. The van der Waals surface area contributed by atoms with Gasteiger partial charge in [0.2, 0.25) is 0 Å². The van der Waals surface area contributed by atoms with E-state index < -0.39 is 0 Å². The van der Waals surface area contributed by atoms with Crippen LogP contribution in [0.1, 0.15) is 5.56 Å². The second-order valence-corrected chi connectivity index (χ2v) is 2.74. The molecule has 1 N–H and O–H groups in total. The maximum Gasteiger partial charge on any atom is 0.258 e. The molecule has 4 heteroatoms. The van der Waals surface area contributed by atoms with Gasteiger partial charge in [0.15, 0.2) is 0 Å². The molecule has 2 rings (SSSR count). The van der Waals surface area contributed by atoms with Crippen LogP contribution >= 0.6 is 12.4 Å². The first-order valence-corrected chi connectivity index (χ1v) is 3.90. The van der Waals surface area contributed by atoms with E-state index in [9.17, 15) is 9.59 Å². The van der Waals surface area contributed by atoms with Gasteiger partial charge in [-0.15, -0.1) is 12.4 Å². The highest BCUT2D eigenvalue weighted by atomic mass is 35.5. The number of imide groups is 1. The molecule has 2 amide bonds. The van der Waals surface area contributed by atoms with Gasteiger partial charge in [0.1, 0.15) is 0 Å². The molecule has 0 spiro atoms. The van der Waals surface area contributed by atoms with E-state index in [0.29, 0.717) is 5.57 Å². The fraction of sp³-hybridized carbons (Fsp3) is 0. The minimum Gasteiger partial charge on any atom is -0.289 e. The predicted molar refractivity (Wildman–Crippen MR) is 54.8 cm³/mol. The lowest BCUT2D eigenvalue weighted by atomic mass is 10.1. The minimum atomic E-state index is -0.344. The Hall–Kier alpha value is -1.61. The average Bonchev–Trinajstić information content (AvgIpc) is 2.47. The highest BCUT2D eigenvalue weighted by molar-refractivity contribution is 6.33. The molecule has 1 aromatic carbocycles. The molecule has 0 fully saturated rings. The van der Waals surface area contributed by atoms with Crippen molar-refractivity contribution in [2.75, 3.05) is 0 Å². The first-order valence-electron chi connectivity index (χ1n) is 3.90. The van der Waals surface area contributed by atoms with Crippen LogP contribution in [0.4, 0.5) is 0 Å². The molecular weight excluding hydrogens is 202 g/mol. The van der Waals surface area contributed by atoms with E-state index in [2.05, 4.69) is 5.32 Å². The number of rotatable bonds is 1. The molecule has 1 heterocycles. The Labute approximate surface area is 87.2 Å². The van der Waals surface area contributed by atoms with Crippen molar-refractivity contribution in [3.63, 3.8) is 0 Å². The van der Waals surface area contributed by atoms with Crippen molar-refractivity contribution in [3.8, 4) is 0 Å². The molecule has 0 bridgehead atoms. The molecule has 0 radical (unpaired) electrons. The van der Waals surface area contributed by atoms with Gasteiger partial charge >= 0.3 is 0 Å². The highest BCUT2D eigenvalue weighted by Gasteiger charge is 2.21. The average molecular weight is 210 g/mol. The van der Waals surface area contributed by atoms with Crippen molar-refractivity contribution in [3.05, 3.63) is 42.0 Å². The van der Waals surface area contributed by atoms with Crippen LogP contribution in [0.3, 0.4) is 0 Å². The molecule has 0 aliphatic carbocycles. The SMILES string of the molecule is Cl.O=C1C=C(c2ccccc2)C(=O)N1. The third-order valence-electron chi connectivity index (χ3n) is 1.84. The van der Waals surface area contributed by atoms with E-state index in [0.717, 1.165) is 5.56 Å². The largest absolute Gasteiger partial charge is 0.289 e. The predicted octanol–water partition coefficient (Wildman–Crippen LogP) is 1.15. The highest BCUT2D eigenvalue weighted by Crippen LogP contribution is 2.16. The number of carbonyl (C=O) groups is 2. The molecule has 0 unspecified atom stereocenters. The fourth-order valence-electron chi connectivity index (χ4n) is 1.24. The zero-order valence-corrected chi connectivity index (χ0v) is 8.01. The van der Waals surface area contributed by atoms with E-state index in [-0.39, 0.29) is 24.2 Å². The Kier molecular flexibility index (Phi) is 3.04. The lowest BCUT2D eigenvalue weighted by molar-refractivity contribution is -0.123. The van der Waals surface area contributed by atoms with Crippen molar-refractivity contribution < 1.29 is 9.59 Å². The number of nitrogens with one attached hydrogen (secondary N) is 1. The van der Waals surface area contributed by atoms with Crippen LogP contribution in [-0.4, -0.2) is 11.8 Å². The third kappa shape index (κ3) is 1.83. The van der Waals surface area contributed by atoms with Crippen LogP contribution in [0.25, 0.3) is 5.57 Å². The van der Waals surface area contributed by atoms with E-state index >= 15 is 0 Å². The van der Waals surface area contributed by atoms with Crippen LogP contribution in [0.2, 0.25) is 0 Å². The van der Waals surface area contributed by atoms with E-state index in [1.165, 1.54) is 6.08 Å². The Balaban J connectivity index is 0.000000980. The van der Waals surface area contributed by atoms with Gasteiger partial charge in [0, 0.05) is 6.08 Å². The summed E-state index contributed by atoms with van der Waals surface area (Å²) in [4.78, 5) is 22.0. The smallest absolute Gasteiger partial charge is 0.258 e. The van der Waals surface area contributed by atoms with Crippen molar-refractivity contribution >= 4 is 29.8 Å². The molecule has 1 aliphatic rings. The van der Waals surface area contributed by atoms with E-state index in [1.807, 2.05) is 18.2 Å². The standard InChI is InChI=1S/C10H7NO2.ClH/c12-9-6-8(10(13)11-9)7-4-2-1-3-5-7;/h1-6H,(H,11,12,13);1H. The summed E-state index contributed by atoms with van der Waals surface area (Å²) < 4.78 is 0. The van der Waals surface area contributed by atoms with Crippen molar-refractivity contribution in [2.45, 2.75) is 0 Å². The topological polar surface area (TPSA) is 46.2 Å². The first kappa shape index (κ1) is 10.5. The maximum atomic E-state index is 11.2. The summed E-state index contributed by atoms with van der Waals surface area (Å²) >= 11 is 0. The summed E-state index contributed by atoms with van der Waals surface area (Å²) in [6.45, 7) is 0. The molecule has 14 heavy (non-hydrogen) atoms. The number of hydrogen-bond acceptors (Lipinski definition) is 2. The van der Waals surface area contributed by atoms with Crippen LogP contribution in [0.5, 0.6) is 0 Å². The van der Waals surface area contributed by atoms with E-state index in [4.69, 9.17) is 0 Å². The quantitative estimate of drug-likeness (QED) is 0.706. The lowest BCUT2D eigenvalue weighted by Crippen LogP contribution is -2.21. The molecular formula is C10H8ClNO2. The van der Waals surface area contributed by atoms with Crippen molar-refractivity contribution in [2.24, 2.45) is 0 Å². The second kappa shape index (κ2) is 4.07. The normalized spacial score (nSPS) is 14.4. The molecule has 3 nitrogen and oxygen atoms in total. The molecule has 1 aromatic rings. The van der Waals surface area contributed by atoms with Crippen molar-refractivity contribution in [1.82, 2.24) is 5.32 Å². The third-order valence-corrected chi connectivity index (χ3v) is 1.84. The molecule has 0 saturated carbocycles. The summed E-state index contributed by atoms with van der Waals surface area (Å²) in [5.41, 5.74) is 1.21. The summed E-state index contributed by atoms with van der Waals surface area (Å²) in [5.74, 6) is -0.667. The zero-order chi connectivity index (χ0) is 9.26. The van der Waals surface area contributed by atoms with Gasteiger partial charge in [-0.1, -0.05) is 30.3 Å². The zero-order valence-electron chi connectivity index (χ0n) is 7.19. The number of hydrogen-bond donors (Lipinski definition) is 1. The number of amides is 2. The molecule has 72 valence electrons. The molecule has 1 aliphatic heterocycles. The Morgan fingerprint density at radius 3 is 2.14 bits per heavy atom. The molecule has 0 aromatic heterocycles. The number of carbonyl (C=O) groups excluding carboxylic acids is 2.